The number of benzene rings is 2. The molecule has 3 rings (SSSR count). The second-order valence-corrected chi connectivity index (χ2v) is 9.34. The van der Waals surface area contributed by atoms with Gasteiger partial charge in [0.1, 0.15) is 5.82 Å². The van der Waals surface area contributed by atoms with E-state index in [1.165, 1.54) is 23.3 Å². The average Bonchev–Trinajstić information content (AvgIpc) is 2.80. The number of piperidine rings is 1. The lowest BCUT2D eigenvalue weighted by Crippen LogP contribution is -2.35. The third kappa shape index (κ3) is 7.67. The predicted molar refractivity (Wildman–Crippen MR) is 131 cm³/mol. The summed E-state index contributed by atoms with van der Waals surface area (Å²) < 4.78 is 13.0. The highest BCUT2D eigenvalue weighted by Gasteiger charge is 2.22. The Morgan fingerprint density at radius 3 is 2.45 bits per heavy atom. The summed E-state index contributed by atoms with van der Waals surface area (Å²) in [5, 5.41) is 5.98. The summed E-state index contributed by atoms with van der Waals surface area (Å²) in [5.74, 6) is 0.201. The molecule has 2 aromatic carbocycles. The lowest BCUT2D eigenvalue weighted by Gasteiger charge is -2.33. The van der Waals surface area contributed by atoms with Crippen LogP contribution >= 0.6 is 0 Å². The number of likely N-dealkylation sites (tertiary alicyclic amines) is 1. The summed E-state index contributed by atoms with van der Waals surface area (Å²) >= 11 is 0. The van der Waals surface area contributed by atoms with Gasteiger partial charge in [0.15, 0.2) is 0 Å². The monoisotopic (exact) mass is 453 g/mol. The zero-order chi connectivity index (χ0) is 23.8. The molecule has 2 aromatic rings. The molecule has 2 amide bonds. The van der Waals surface area contributed by atoms with E-state index < -0.39 is 0 Å². The zero-order valence-electron chi connectivity index (χ0n) is 20.0. The number of hydrogen-bond acceptors (Lipinski definition) is 3. The number of nitrogens with one attached hydrogen (secondary N) is 2. The molecule has 1 aliphatic heterocycles. The second kappa shape index (κ2) is 11.9. The number of nitrogens with zero attached hydrogens (tertiary/aromatic N) is 1. The Labute approximate surface area is 196 Å². The lowest BCUT2D eigenvalue weighted by molar-refractivity contribution is -0.120. The van der Waals surface area contributed by atoms with Crippen LogP contribution in [-0.4, -0.2) is 42.9 Å². The van der Waals surface area contributed by atoms with Gasteiger partial charge in [-0.15, -0.1) is 0 Å². The highest BCUT2D eigenvalue weighted by molar-refractivity contribution is 5.92. The minimum atomic E-state index is -0.288. The molecule has 0 aromatic heterocycles. The summed E-state index contributed by atoms with van der Waals surface area (Å²) in [4.78, 5) is 26.6. The molecule has 0 unspecified atom stereocenters. The van der Waals surface area contributed by atoms with Gasteiger partial charge >= 0.3 is 0 Å². The van der Waals surface area contributed by atoms with Crippen LogP contribution in [0.15, 0.2) is 42.5 Å². The van der Waals surface area contributed by atoms with Crippen LogP contribution in [0.5, 0.6) is 0 Å². The molecule has 0 atom stereocenters. The fourth-order valence-corrected chi connectivity index (χ4v) is 4.29. The first kappa shape index (κ1) is 24.9. The summed E-state index contributed by atoms with van der Waals surface area (Å²) in [6, 6.07) is 12.3. The molecule has 5 nitrogen and oxygen atoms in total. The zero-order valence-corrected chi connectivity index (χ0v) is 20.0. The van der Waals surface area contributed by atoms with Gasteiger partial charge in [0.05, 0.1) is 6.42 Å². The van der Waals surface area contributed by atoms with Gasteiger partial charge in [0, 0.05) is 18.2 Å². The Hall–Kier alpha value is -2.73. The summed E-state index contributed by atoms with van der Waals surface area (Å²) in [6.07, 6.45) is 3.38. The maximum absolute atomic E-state index is 13.0. The van der Waals surface area contributed by atoms with Crippen LogP contribution in [0.25, 0.3) is 0 Å². The van der Waals surface area contributed by atoms with Gasteiger partial charge in [0.2, 0.25) is 11.8 Å². The van der Waals surface area contributed by atoms with E-state index in [0.717, 1.165) is 50.1 Å². The second-order valence-electron chi connectivity index (χ2n) is 9.34. The highest BCUT2D eigenvalue weighted by Crippen LogP contribution is 2.32. The Kier molecular flexibility index (Phi) is 9.01. The Morgan fingerprint density at radius 1 is 1.09 bits per heavy atom. The Bertz CT molecular complexity index is 935. The van der Waals surface area contributed by atoms with Crippen LogP contribution in [0.2, 0.25) is 0 Å². The van der Waals surface area contributed by atoms with E-state index in [1.807, 2.05) is 19.9 Å². The summed E-state index contributed by atoms with van der Waals surface area (Å²) in [7, 11) is 0. The molecule has 0 bridgehead atoms. The van der Waals surface area contributed by atoms with Crippen LogP contribution in [0.1, 0.15) is 55.7 Å². The number of carbonyl (C=O) groups is 2. The van der Waals surface area contributed by atoms with Gasteiger partial charge in [-0.1, -0.05) is 32.0 Å². The van der Waals surface area contributed by atoms with Gasteiger partial charge in [-0.3, -0.25) is 9.59 Å². The maximum Gasteiger partial charge on any atom is 0.226 e. The van der Waals surface area contributed by atoms with Gasteiger partial charge in [0.25, 0.3) is 0 Å². The quantitative estimate of drug-likeness (QED) is 0.543. The van der Waals surface area contributed by atoms with Crippen molar-refractivity contribution < 1.29 is 14.0 Å². The van der Waals surface area contributed by atoms with Crippen molar-refractivity contribution in [2.75, 3.05) is 31.5 Å². The van der Waals surface area contributed by atoms with Crippen molar-refractivity contribution >= 4 is 17.5 Å². The van der Waals surface area contributed by atoms with E-state index in [0.29, 0.717) is 12.5 Å². The molecule has 2 N–H and O–H groups in total. The number of amides is 2. The molecule has 0 spiro atoms. The highest BCUT2D eigenvalue weighted by atomic mass is 19.1. The van der Waals surface area contributed by atoms with Gasteiger partial charge in [-0.25, -0.2) is 4.39 Å². The third-order valence-corrected chi connectivity index (χ3v) is 6.35. The van der Waals surface area contributed by atoms with Crippen molar-refractivity contribution in [2.24, 2.45) is 5.92 Å². The molecule has 0 saturated carbocycles. The standard InChI is InChI=1S/C27H36FN3O2/c1-19(2)27(33)30-24-10-5-20(3)25(18-24)22-11-15-31(16-12-22)14-4-13-29-26(32)17-21-6-8-23(28)9-7-21/h5-10,18-19,22H,4,11-17H2,1-3H3,(H,29,32)(H,30,33). The number of hydrogen-bond donors (Lipinski definition) is 2. The molecule has 0 radical (unpaired) electrons. The van der Waals surface area contributed by atoms with Crippen molar-refractivity contribution in [1.29, 1.82) is 0 Å². The van der Waals surface area contributed by atoms with Crippen LogP contribution in [0, 0.1) is 18.7 Å². The number of anilines is 1. The molecule has 6 heteroatoms. The van der Waals surface area contributed by atoms with Gasteiger partial charge < -0.3 is 15.5 Å². The van der Waals surface area contributed by atoms with E-state index in [4.69, 9.17) is 0 Å². The molecule has 1 heterocycles. The molecule has 0 aliphatic carbocycles. The van der Waals surface area contributed by atoms with Gasteiger partial charge in [-0.2, -0.15) is 0 Å². The summed E-state index contributed by atoms with van der Waals surface area (Å²) in [5.41, 5.74) is 4.32. The minimum absolute atomic E-state index is 0.0276. The maximum atomic E-state index is 13.0. The first-order valence-corrected chi connectivity index (χ1v) is 12.0. The molecule has 1 aliphatic rings. The molecule has 178 valence electrons. The topological polar surface area (TPSA) is 61.4 Å². The van der Waals surface area contributed by atoms with Crippen molar-refractivity contribution in [3.05, 3.63) is 65.0 Å². The smallest absolute Gasteiger partial charge is 0.226 e. The van der Waals surface area contributed by atoms with E-state index in [-0.39, 0.29) is 30.0 Å². The fourth-order valence-electron chi connectivity index (χ4n) is 4.29. The fraction of sp³-hybridized carbons (Fsp3) is 0.481. The number of rotatable bonds is 9. The Balaban J connectivity index is 1.39. The van der Waals surface area contributed by atoms with Crippen LogP contribution in [0.3, 0.4) is 0 Å². The molecule has 1 saturated heterocycles. The van der Waals surface area contributed by atoms with Crippen molar-refractivity contribution in [2.45, 2.75) is 52.4 Å². The predicted octanol–water partition coefficient (Wildman–Crippen LogP) is 4.66. The number of halogens is 1. The van der Waals surface area contributed by atoms with Crippen molar-refractivity contribution in [1.82, 2.24) is 10.2 Å². The number of carbonyl (C=O) groups excluding carboxylic acids is 2. The van der Waals surface area contributed by atoms with Crippen LogP contribution in [0.4, 0.5) is 10.1 Å². The van der Waals surface area contributed by atoms with Gasteiger partial charge in [-0.05, 0) is 92.7 Å². The first-order valence-electron chi connectivity index (χ1n) is 12.0. The van der Waals surface area contributed by atoms with Crippen molar-refractivity contribution in [3.8, 4) is 0 Å². The summed E-state index contributed by atoms with van der Waals surface area (Å²) in [6.45, 7) is 9.63. The molecular weight excluding hydrogens is 417 g/mol. The largest absolute Gasteiger partial charge is 0.356 e. The van der Waals surface area contributed by atoms with E-state index in [2.05, 4.69) is 34.6 Å². The van der Waals surface area contributed by atoms with E-state index >= 15 is 0 Å². The van der Waals surface area contributed by atoms with Crippen LogP contribution < -0.4 is 10.6 Å². The third-order valence-electron chi connectivity index (χ3n) is 6.35. The van der Waals surface area contributed by atoms with Crippen molar-refractivity contribution in [3.63, 3.8) is 0 Å². The van der Waals surface area contributed by atoms with Crippen LogP contribution in [-0.2, 0) is 16.0 Å². The SMILES string of the molecule is Cc1ccc(NC(=O)C(C)C)cc1C1CCN(CCCNC(=O)Cc2ccc(F)cc2)CC1. The Morgan fingerprint density at radius 2 is 1.79 bits per heavy atom. The average molecular weight is 454 g/mol. The molecular formula is C27H36FN3O2. The molecule has 33 heavy (non-hydrogen) atoms. The van der Waals surface area contributed by atoms with E-state index in [1.54, 1.807) is 12.1 Å². The number of aryl methyl sites for hydroxylation is 1. The van der Waals surface area contributed by atoms with E-state index in [9.17, 15) is 14.0 Å². The normalized spacial score (nSPS) is 14.9. The minimum Gasteiger partial charge on any atom is -0.356 e. The lowest BCUT2D eigenvalue weighted by atomic mass is 9.86. The first-order chi connectivity index (χ1) is 15.8. The molecule has 1 fully saturated rings.